The molecule has 19 heavy (non-hydrogen) atoms. The molecule has 0 aliphatic carbocycles. The molecule has 0 unspecified atom stereocenters. The van der Waals surface area contributed by atoms with Gasteiger partial charge in [0.2, 0.25) is 0 Å². The van der Waals surface area contributed by atoms with E-state index in [1.54, 1.807) is 36.2 Å². The van der Waals surface area contributed by atoms with Gasteiger partial charge in [-0.05, 0) is 36.4 Å². The molecule has 0 aromatic heterocycles. The van der Waals surface area contributed by atoms with Crippen molar-refractivity contribution < 1.29 is 14.3 Å². The van der Waals surface area contributed by atoms with Crippen LogP contribution in [0, 0.1) is 5.82 Å². The van der Waals surface area contributed by atoms with Crippen molar-refractivity contribution in [3.8, 4) is 0 Å². The van der Waals surface area contributed by atoms with Gasteiger partial charge in [-0.1, -0.05) is 6.07 Å². The molecule has 0 bridgehead atoms. The molecule has 5 heteroatoms. The average Bonchev–Trinajstić information content (AvgIpc) is 2.38. The van der Waals surface area contributed by atoms with Crippen LogP contribution in [0.5, 0.6) is 0 Å². The van der Waals surface area contributed by atoms with Gasteiger partial charge in [0.05, 0.1) is 16.9 Å². The Labute approximate surface area is 109 Å². The quantitative estimate of drug-likeness (QED) is 0.833. The molecule has 0 spiro atoms. The molecule has 0 aliphatic rings. The number of para-hydroxylation sites is 1. The lowest BCUT2D eigenvalue weighted by Gasteiger charge is -2.23. The monoisotopic (exact) mass is 260 g/mol. The van der Waals surface area contributed by atoms with Crippen molar-refractivity contribution in [3.05, 3.63) is 53.8 Å². The number of carboxylic acid groups (broad SMARTS) is 1. The van der Waals surface area contributed by atoms with Crippen LogP contribution in [0.15, 0.2) is 42.5 Å². The number of rotatable bonds is 3. The molecule has 0 atom stereocenters. The summed E-state index contributed by atoms with van der Waals surface area (Å²) in [5.41, 5.74) is 7.35. The largest absolute Gasteiger partial charge is 0.478 e. The van der Waals surface area contributed by atoms with Crippen LogP contribution in [-0.4, -0.2) is 18.1 Å². The zero-order valence-electron chi connectivity index (χ0n) is 10.3. The number of benzene rings is 2. The van der Waals surface area contributed by atoms with E-state index in [1.165, 1.54) is 18.2 Å². The Morgan fingerprint density at radius 3 is 2.42 bits per heavy atom. The first-order valence-electron chi connectivity index (χ1n) is 5.62. The van der Waals surface area contributed by atoms with E-state index in [4.69, 9.17) is 5.73 Å². The standard InChI is InChI=1S/C14H13FN2O2/c1-17(10-7-5-9(15)6-8-10)13-11(14(18)19)3-2-4-12(13)16/h2-8H,16H2,1H3,(H,18,19). The number of carboxylic acids is 1. The van der Waals surface area contributed by atoms with Crippen LogP contribution in [0.2, 0.25) is 0 Å². The Morgan fingerprint density at radius 1 is 1.21 bits per heavy atom. The zero-order valence-corrected chi connectivity index (χ0v) is 10.3. The molecule has 0 radical (unpaired) electrons. The Balaban J connectivity index is 2.52. The second-order valence-electron chi connectivity index (χ2n) is 4.08. The minimum atomic E-state index is -1.06. The second kappa shape index (κ2) is 4.97. The average molecular weight is 260 g/mol. The summed E-state index contributed by atoms with van der Waals surface area (Å²) in [5.74, 6) is -1.41. The molecular formula is C14H13FN2O2. The minimum absolute atomic E-state index is 0.104. The maximum atomic E-state index is 12.9. The van der Waals surface area contributed by atoms with Crippen LogP contribution in [-0.2, 0) is 0 Å². The molecule has 2 aromatic rings. The van der Waals surface area contributed by atoms with E-state index in [0.717, 1.165) is 0 Å². The Hall–Kier alpha value is -2.56. The minimum Gasteiger partial charge on any atom is -0.478 e. The molecule has 0 saturated carbocycles. The summed E-state index contributed by atoms with van der Waals surface area (Å²) < 4.78 is 12.9. The highest BCUT2D eigenvalue weighted by atomic mass is 19.1. The number of anilines is 3. The molecule has 0 fully saturated rings. The van der Waals surface area contributed by atoms with Crippen molar-refractivity contribution in [2.45, 2.75) is 0 Å². The molecule has 2 rings (SSSR count). The number of halogens is 1. The molecule has 98 valence electrons. The highest BCUT2D eigenvalue weighted by Crippen LogP contribution is 2.32. The molecule has 3 N–H and O–H groups in total. The smallest absolute Gasteiger partial charge is 0.337 e. The van der Waals surface area contributed by atoms with Crippen LogP contribution in [0.4, 0.5) is 21.5 Å². The lowest BCUT2D eigenvalue weighted by atomic mass is 10.1. The van der Waals surface area contributed by atoms with Crippen molar-refractivity contribution >= 4 is 23.0 Å². The summed E-state index contributed by atoms with van der Waals surface area (Å²) in [6, 6.07) is 10.4. The van der Waals surface area contributed by atoms with E-state index in [0.29, 0.717) is 17.1 Å². The predicted octanol–water partition coefficient (Wildman–Crippen LogP) is 2.87. The molecular weight excluding hydrogens is 247 g/mol. The van der Waals surface area contributed by atoms with E-state index in [1.807, 2.05) is 0 Å². The fraction of sp³-hybridized carbons (Fsp3) is 0.0714. The normalized spacial score (nSPS) is 10.2. The Bertz CT molecular complexity index is 611. The first kappa shape index (κ1) is 12.9. The lowest BCUT2D eigenvalue weighted by molar-refractivity contribution is 0.0697. The second-order valence-corrected chi connectivity index (χ2v) is 4.08. The van der Waals surface area contributed by atoms with Crippen LogP contribution in [0.25, 0.3) is 0 Å². The number of hydrogen-bond donors (Lipinski definition) is 2. The van der Waals surface area contributed by atoms with Gasteiger partial charge in [-0.15, -0.1) is 0 Å². The number of aromatic carboxylic acids is 1. The van der Waals surface area contributed by atoms with E-state index in [9.17, 15) is 14.3 Å². The third-order valence-corrected chi connectivity index (χ3v) is 2.85. The highest BCUT2D eigenvalue weighted by Gasteiger charge is 2.17. The van der Waals surface area contributed by atoms with E-state index < -0.39 is 5.97 Å². The molecule has 0 amide bonds. The predicted molar refractivity (Wildman–Crippen MR) is 72.3 cm³/mol. The molecule has 0 heterocycles. The van der Waals surface area contributed by atoms with Gasteiger partial charge in [-0.25, -0.2) is 9.18 Å². The highest BCUT2D eigenvalue weighted by molar-refractivity contribution is 5.99. The molecule has 0 aliphatic heterocycles. The fourth-order valence-corrected chi connectivity index (χ4v) is 1.90. The fourth-order valence-electron chi connectivity index (χ4n) is 1.90. The summed E-state index contributed by atoms with van der Waals surface area (Å²) in [4.78, 5) is 12.8. The van der Waals surface area contributed by atoms with Crippen LogP contribution in [0.3, 0.4) is 0 Å². The van der Waals surface area contributed by atoms with Gasteiger partial charge >= 0.3 is 5.97 Å². The molecule has 0 saturated heterocycles. The van der Waals surface area contributed by atoms with Gasteiger partial charge in [0, 0.05) is 12.7 Å². The van der Waals surface area contributed by atoms with Gasteiger partial charge in [-0.3, -0.25) is 0 Å². The van der Waals surface area contributed by atoms with E-state index in [-0.39, 0.29) is 11.4 Å². The van der Waals surface area contributed by atoms with Gasteiger partial charge in [0.15, 0.2) is 0 Å². The van der Waals surface area contributed by atoms with Crippen LogP contribution >= 0.6 is 0 Å². The van der Waals surface area contributed by atoms with Gasteiger partial charge < -0.3 is 15.7 Å². The van der Waals surface area contributed by atoms with Gasteiger partial charge in [0.1, 0.15) is 5.82 Å². The maximum Gasteiger partial charge on any atom is 0.337 e. The Kier molecular flexibility index (Phi) is 3.37. The van der Waals surface area contributed by atoms with Crippen molar-refractivity contribution in [1.82, 2.24) is 0 Å². The van der Waals surface area contributed by atoms with E-state index >= 15 is 0 Å². The number of hydrogen-bond acceptors (Lipinski definition) is 3. The number of nitrogen functional groups attached to an aromatic ring is 1. The van der Waals surface area contributed by atoms with Gasteiger partial charge in [-0.2, -0.15) is 0 Å². The first-order valence-corrected chi connectivity index (χ1v) is 5.62. The summed E-state index contributed by atoms with van der Waals surface area (Å²) in [7, 11) is 1.69. The molecule has 2 aromatic carbocycles. The van der Waals surface area contributed by atoms with Crippen LogP contribution in [0.1, 0.15) is 10.4 Å². The lowest BCUT2D eigenvalue weighted by Crippen LogP contribution is -2.16. The van der Waals surface area contributed by atoms with Gasteiger partial charge in [0.25, 0.3) is 0 Å². The van der Waals surface area contributed by atoms with Crippen molar-refractivity contribution in [3.63, 3.8) is 0 Å². The third-order valence-electron chi connectivity index (χ3n) is 2.85. The summed E-state index contributed by atoms with van der Waals surface area (Å²) in [5, 5.41) is 9.19. The van der Waals surface area contributed by atoms with Crippen molar-refractivity contribution in [2.75, 3.05) is 17.7 Å². The summed E-state index contributed by atoms with van der Waals surface area (Å²) >= 11 is 0. The van der Waals surface area contributed by atoms with Crippen LogP contribution < -0.4 is 10.6 Å². The topological polar surface area (TPSA) is 66.6 Å². The Morgan fingerprint density at radius 2 is 1.84 bits per heavy atom. The summed E-state index contributed by atoms with van der Waals surface area (Å²) in [6.45, 7) is 0. The third kappa shape index (κ3) is 2.49. The zero-order chi connectivity index (χ0) is 14.0. The van der Waals surface area contributed by atoms with Crippen molar-refractivity contribution in [2.24, 2.45) is 0 Å². The first-order chi connectivity index (χ1) is 9.00. The number of carbonyl (C=O) groups is 1. The molecule has 4 nitrogen and oxygen atoms in total. The SMILES string of the molecule is CN(c1ccc(F)cc1)c1c(N)cccc1C(=O)O. The van der Waals surface area contributed by atoms with Crippen molar-refractivity contribution in [1.29, 1.82) is 0 Å². The maximum absolute atomic E-state index is 12.9. The van der Waals surface area contributed by atoms with E-state index in [2.05, 4.69) is 0 Å². The number of nitrogens with zero attached hydrogens (tertiary/aromatic N) is 1. The number of nitrogens with two attached hydrogens (primary N) is 1. The summed E-state index contributed by atoms with van der Waals surface area (Å²) in [6.07, 6.45) is 0.